The topological polar surface area (TPSA) is 32.3 Å². The van der Waals surface area contributed by atoms with E-state index in [1.165, 1.54) is 6.07 Å². The summed E-state index contributed by atoms with van der Waals surface area (Å²) in [5.41, 5.74) is 1.46. The Hall–Kier alpha value is -1.46. The van der Waals surface area contributed by atoms with Gasteiger partial charge < -0.3 is 10.4 Å². The number of hydrogen-bond donors (Lipinski definition) is 2. The molecular weight excluding hydrogens is 328 g/mol. The van der Waals surface area contributed by atoms with Gasteiger partial charge in [0, 0.05) is 16.7 Å². The maximum Gasteiger partial charge on any atom is 0.132 e. The van der Waals surface area contributed by atoms with Crippen molar-refractivity contribution in [1.82, 2.24) is 0 Å². The van der Waals surface area contributed by atoms with Crippen LogP contribution in [0.15, 0.2) is 40.9 Å². The first-order chi connectivity index (χ1) is 9.50. The summed E-state index contributed by atoms with van der Waals surface area (Å²) in [4.78, 5) is 0. The zero-order valence-electron chi connectivity index (χ0n) is 10.8. The van der Waals surface area contributed by atoms with Crippen LogP contribution in [0.1, 0.15) is 17.2 Å². The lowest BCUT2D eigenvalue weighted by Gasteiger charge is -2.16. The van der Waals surface area contributed by atoms with Gasteiger partial charge in [-0.15, -0.1) is 0 Å². The van der Waals surface area contributed by atoms with Crippen molar-refractivity contribution in [2.45, 2.75) is 13.0 Å². The van der Waals surface area contributed by atoms with Crippen molar-refractivity contribution >= 4 is 21.6 Å². The number of anilines is 1. The molecule has 2 aromatic rings. The van der Waals surface area contributed by atoms with Crippen LogP contribution in [0.2, 0.25) is 0 Å². The van der Waals surface area contributed by atoms with Gasteiger partial charge in [0.25, 0.3) is 0 Å². The fourth-order valence-corrected chi connectivity index (χ4v) is 2.30. The van der Waals surface area contributed by atoms with Crippen molar-refractivity contribution in [1.29, 1.82) is 0 Å². The van der Waals surface area contributed by atoms with Crippen LogP contribution in [0.3, 0.4) is 0 Å². The second-order valence-electron chi connectivity index (χ2n) is 4.44. The van der Waals surface area contributed by atoms with Gasteiger partial charge >= 0.3 is 0 Å². The number of halogens is 3. The largest absolute Gasteiger partial charge is 0.386 e. The molecule has 20 heavy (non-hydrogen) atoms. The molecule has 0 heterocycles. The molecule has 1 atom stereocenters. The van der Waals surface area contributed by atoms with Gasteiger partial charge in [-0.25, -0.2) is 8.78 Å². The summed E-state index contributed by atoms with van der Waals surface area (Å²) in [6.45, 7) is 1.93. The van der Waals surface area contributed by atoms with Gasteiger partial charge in [-0.3, -0.25) is 0 Å². The van der Waals surface area contributed by atoms with Crippen molar-refractivity contribution in [2.75, 3.05) is 11.9 Å². The van der Waals surface area contributed by atoms with E-state index in [2.05, 4.69) is 21.2 Å². The normalized spacial score (nSPS) is 12.2. The average molecular weight is 342 g/mol. The monoisotopic (exact) mass is 341 g/mol. The van der Waals surface area contributed by atoms with Crippen LogP contribution < -0.4 is 5.32 Å². The SMILES string of the molecule is Cc1c(Br)cccc1NCC(O)c1c(F)cccc1F. The third-order valence-corrected chi connectivity index (χ3v) is 3.95. The smallest absolute Gasteiger partial charge is 0.132 e. The van der Waals surface area contributed by atoms with Crippen LogP contribution in [0, 0.1) is 18.6 Å². The molecule has 0 radical (unpaired) electrons. The average Bonchev–Trinajstić information content (AvgIpc) is 2.40. The first-order valence-electron chi connectivity index (χ1n) is 6.11. The Labute approximate surface area is 124 Å². The van der Waals surface area contributed by atoms with Gasteiger partial charge in [-0.1, -0.05) is 28.1 Å². The van der Waals surface area contributed by atoms with Crippen LogP contribution in [0.4, 0.5) is 14.5 Å². The van der Waals surface area contributed by atoms with Gasteiger partial charge in [-0.05, 0) is 36.8 Å². The molecule has 106 valence electrons. The number of aliphatic hydroxyl groups is 1. The number of rotatable bonds is 4. The summed E-state index contributed by atoms with van der Waals surface area (Å²) in [7, 11) is 0. The Morgan fingerprint density at radius 2 is 1.75 bits per heavy atom. The highest BCUT2D eigenvalue weighted by Crippen LogP contribution is 2.25. The highest BCUT2D eigenvalue weighted by atomic mass is 79.9. The quantitative estimate of drug-likeness (QED) is 0.874. The first-order valence-corrected chi connectivity index (χ1v) is 6.91. The Morgan fingerprint density at radius 1 is 1.15 bits per heavy atom. The number of nitrogens with one attached hydrogen (secondary N) is 1. The van der Waals surface area contributed by atoms with Crippen LogP contribution in [0.5, 0.6) is 0 Å². The molecule has 0 fully saturated rings. The molecule has 0 aliphatic carbocycles. The second-order valence-corrected chi connectivity index (χ2v) is 5.30. The van der Waals surface area contributed by atoms with Crippen molar-refractivity contribution in [3.8, 4) is 0 Å². The summed E-state index contributed by atoms with van der Waals surface area (Å²) >= 11 is 3.40. The summed E-state index contributed by atoms with van der Waals surface area (Å²) in [6.07, 6.45) is -1.26. The van der Waals surface area contributed by atoms with Gasteiger partial charge in [0.15, 0.2) is 0 Å². The number of benzene rings is 2. The summed E-state index contributed by atoms with van der Waals surface area (Å²) < 4.78 is 28.0. The molecule has 2 nitrogen and oxygen atoms in total. The highest BCUT2D eigenvalue weighted by Gasteiger charge is 2.17. The van der Waals surface area contributed by atoms with Crippen molar-refractivity contribution in [2.24, 2.45) is 0 Å². The van der Waals surface area contributed by atoms with Crippen LogP contribution in [0.25, 0.3) is 0 Å². The van der Waals surface area contributed by atoms with Gasteiger partial charge in [0.1, 0.15) is 17.7 Å². The Morgan fingerprint density at radius 3 is 2.40 bits per heavy atom. The highest BCUT2D eigenvalue weighted by molar-refractivity contribution is 9.10. The van der Waals surface area contributed by atoms with Gasteiger partial charge in [0.05, 0.1) is 5.56 Å². The van der Waals surface area contributed by atoms with E-state index >= 15 is 0 Å². The third kappa shape index (κ3) is 3.16. The lowest BCUT2D eigenvalue weighted by atomic mass is 10.1. The summed E-state index contributed by atoms with van der Waals surface area (Å²) in [5, 5.41) is 12.9. The van der Waals surface area contributed by atoms with E-state index in [0.29, 0.717) is 0 Å². The zero-order valence-corrected chi connectivity index (χ0v) is 12.4. The lowest BCUT2D eigenvalue weighted by Crippen LogP contribution is -2.15. The standard InChI is InChI=1S/C15H14BrF2NO/c1-9-10(16)4-2-7-13(9)19-8-14(20)15-11(17)5-3-6-12(15)18/h2-7,14,19-20H,8H2,1H3. The molecule has 1 unspecified atom stereocenters. The van der Waals surface area contributed by atoms with Crippen molar-refractivity contribution < 1.29 is 13.9 Å². The molecule has 0 bridgehead atoms. The molecule has 0 aromatic heterocycles. The molecule has 2 aromatic carbocycles. The van der Waals surface area contributed by atoms with E-state index in [-0.39, 0.29) is 12.1 Å². The van der Waals surface area contributed by atoms with E-state index in [1.807, 2.05) is 25.1 Å². The fraction of sp³-hybridized carbons (Fsp3) is 0.200. The van der Waals surface area contributed by atoms with E-state index in [1.54, 1.807) is 0 Å². The maximum absolute atomic E-state index is 13.5. The molecular formula is C15H14BrF2NO. The second kappa shape index (κ2) is 6.33. The van der Waals surface area contributed by atoms with Gasteiger partial charge in [-0.2, -0.15) is 0 Å². The Kier molecular flexibility index (Phi) is 4.73. The predicted molar refractivity (Wildman–Crippen MR) is 78.7 cm³/mol. The van der Waals surface area contributed by atoms with E-state index in [4.69, 9.17) is 0 Å². The Bertz CT molecular complexity index is 599. The minimum atomic E-state index is -1.26. The molecule has 0 amide bonds. The third-order valence-electron chi connectivity index (χ3n) is 3.09. The molecule has 2 N–H and O–H groups in total. The van der Waals surface area contributed by atoms with Crippen LogP contribution in [-0.2, 0) is 0 Å². The molecule has 0 saturated carbocycles. The maximum atomic E-state index is 13.5. The molecule has 0 aliphatic rings. The minimum absolute atomic E-state index is 0.0230. The van der Waals surface area contributed by atoms with Gasteiger partial charge in [0.2, 0.25) is 0 Å². The van der Waals surface area contributed by atoms with Crippen LogP contribution in [-0.4, -0.2) is 11.7 Å². The molecule has 0 aliphatic heterocycles. The predicted octanol–water partition coefficient (Wildman–Crippen LogP) is 4.18. The minimum Gasteiger partial charge on any atom is -0.386 e. The Balaban J connectivity index is 2.13. The molecule has 0 spiro atoms. The summed E-state index contributed by atoms with van der Waals surface area (Å²) in [5.74, 6) is -1.49. The first kappa shape index (κ1) is 14.9. The van der Waals surface area contributed by atoms with E-state index < -0.39 is 17.7 Å². The number of hydrogen-bond acceptors (Lipinski definition) is 2. The summed E-state index contributed by atoms with van der Waals surface area (Å²) in [6, 6.07) is 9.11. The van der Waals surface area contributed by atoms with Crippen LogP contribution >= 0.6 is 15.9 Å². The molecule has 0 saturated heterocycles. The fourth-order valence-electron chi connectivity index (χ4n) is 1.94. The van der Waals surface area contributed by atoms with E-state index in [9.17, 15) is 13.9 Å². The van der Waals surface area contributed by atoms with Crippen molar-refractivity contribution in [3.63, 3.8) is 0 Å². The lowest BCUT2D eigenvalue weighted by molar-refractivity contribution is 0.181. The molecule has 5 heteroatoms. The number of aliphatic hydroxyl groups excluding tert-OH is 1. The van der Waals surface area contributed by atoms with Crippen molar-refractivity contribution in [3.05, 3.63) is 63.6 Å². The zero-order chi connectivity index (χ0) is 14.7. The molecule has 2 rings (SSSR count). The van der Waals surface area contributed by atoms with E-state index in [0.717, 1.165) is 27.9 Å².